The lowest BCUT2D eigenvalue weighted by molar-refractivity contribution is 0.0689. The van der Waals surface area contributed by atoms with Crippen LogP contribution in [-0.2, 0) is 6.42 Å². The number of halogens is 1. The number of aromatic amines is 1. The smallest absolute Gasteiger partial charge is 0.354 e. The number of carboxylic acids is 1. The van der Waals surface area contributed by atoms with E-state index in [-0.39, 0.29) is 18.1 Å². The Morgan fingerprint density at radius 3 is 2.86 bits per heavy atom. The Kier molecular flexibility index (Phi) is 4.59. The van der Waals surface area contributed by atoms with Crippen LogP contribution in [-0.4, -0.2) is 27.7 Å². The summed E-state index contributed by atoms with van der Waals surface area (Å²) in [7, 11) is 0. The number of carboxylic acid groups (broad SMARTS) is 1. The molecule has 0 aliphatic carbocycles. The molecule has 0 atom stereocenters. The summed E-state index contributed by atoms with van der Waals surface area (Å²) in [5.74, 6) is -0.292. The molecule has 6 nitrogen and oxygen atoms in total. The number of ether oxygens (including phenoxy) is 1. The third-order valence-electron chi connectivity index (χ3n) is 2.74. The van der Waals surface area contributed by atoms with Crippen LogP contribution >= 0.6 is 11.6 Å². The van der Waals surface area contributed by atoms with Gasteiger partial charge < -0.3 is 14.8 Å². The van der Waals surface area contributed by atoms with Crippen molar-refractivity contribution < 1.29 is 14.6 Å². The van der Waals surface area contributed by atoms with E-state index in [1.807, 2.05) is 6.92 Å². The number of aromatic carboxylic acids is 1. The number of nitrogens with one attached hydrogen (secondary N) is 1. The Morgan fingerprint density at radius 2 is 2.19 bits per heavy atom. The zero-order valence-corrected chi connectivity index (χ0v) is 12.0. The predicted octanol–water partition coefficient (Wildman–Crippen LogP) is 2.05. The molecular weight excluding hydrogens is 296 g/mol. The van der Waals surface area contributed by atoms with Crippen molar-refractivity contribution in [3.63, 3.8) is 0 Å². The second kappa shape index (κ2) is 6.41. The fraction of sp³-hybridized carbons (Fsp3) is 0.214. The number of nitrogens with zero attached hydrogens (tertiary/aromatic N) is 1. The Labute approximate surface area is 125 Å². The van der Waals surface area contributed by atoms with E-state index in [2.05, 4.69) is 9.97 Å². The van der Waals surface area contributed by atoms with Crippen molar-refractivity contribution in [2.45, 2.75) is 13.3 Å². The molecule has 1 aromatic heterocycles. The number of rotatable bonds is 5. The minimum Gasteiger partial charge on any atom is -0.493 e. The second-order valence-electron chi connectivity index (χ2n) is 4.39. The zero-order valence-electron chi connectivity index (χ0n) is 11.2. The van der Waals surface area contributed by atoms with Gasteiger partial charge in [-0.1, -0.05) is 11.6 Å². The summed E-state index contributed by atoms with van der Waals surface area (Å²) in [5.41, 5.74) is 0.111. The first-order valence-electron chi connectivity index (χ1n) is 6.18. The summed E-state index contributed by atoms with van der Waals surface area (Å²) in [6, 6.07) is 6.19. The van der Waals surface area contributed by atoms with Gasteiger partial charge >= 0.3 is 5.97 Å². The topological polar surface area (TPSA) is 92.3 Å². The summed E-state index contributed by atoms with van der Waals surface area (Å²) < 4.78 is 5.57. The number of aryl methyl sites for hydroxylation is 1. The average molecular weight is 309 g/mol. The minimum absolute atomic E-state index is 0.258. The number of aromatic nitrogens is 2. The predicted molar refractivity (Wildman–Crippen MR) is 77.2 cm³/mol. The largest absolute Gasteiger partial charge is 0.493 e. The van der Waals surface area contributed by atoms with Gasteiger partial charge in [-0.25, -0.2) is 9.78 Å². The first kappa shape index (κ1) is 15.1. The molecule has 0 aliphatic rings. The van der Waals surface area contributed by atoms with Gasteiger partial charge in [0.05, 0.1) is 6.61 Å². The minimum atomic E-state index is -1.24. The fourth-order valence-corrected chi connectivity index (χ4v) is 2.00. The van der Waals surface area contributed by atoms with Gasteiger partial charge in [-0.05, 0) is 30.7 Å². The van der Waals surface area contributed by atoms with Crippen molar-refractivity contribution in [2.75, 3.05) is 6.61 Å². The van der Waals surface area contributed by atoms with Gasteiger partial charge in [0, 0.05) is 17.5 Å². The van der Waals surface area contributed by atoms with Gasteiger partial charge in [0.15, 0.2) is 5.69 Å². The Morgan fingerprint density at radius 1 is 1.43 bits per heavy atom. The van der Waals surface area contributed by atoms with Crippen molar-refractivity contribution in [2.24, 2.45) is 0 Å². The van der Waals surface area contributed by atoms with Gasteiger partial charge in [0.25, 0.3) is 5.56 Å². The molecule has 0 aliphatic heterocycles. The van der Waals surface area contributed by atoms with E-state index in [0.717, 1.165) is 11.6 Å². The normalized spacial score (nSPS) is 10.4. The SMILES string of the molecule is Cc1cc(Cl)ccc1OCCc1nc(C(=O)O)cc(=O)[nH]1. The fourth-order valence-electron chi connectivity index (χ4n) is 1.77. The molecule has 0 unspecified atom stereocenters. The number of benzene rings is 1. The van der Waals surface area contributed by atoms with Crippen molar-refractivity contribution in [1.29, 1.82) is 0 Å². The first-order chi connectivity index (χ1) is 9.95. The van der Waals surface area contributed by atoms with Crippen molar-refractivity contribution in [3.8, 4) is 5.75 Å². The number of H-pyrrole nitrogens is 1. The van der Waals surface area contributed by atoms with Crippen LogP contribution in [0.3, 0.4) is 0 Å². The van der Waals surface area contributed by atoms with Crippen LogP contribution in [0, 0.1) is 6.92 Å². The van der Waals surface area contributed by atoms with Crippen LogP contribution in [0.15, 0.2) is 29.1 Å². The molecule has 1 aromatic carbocycles. The molecule has 2 aromatic rings. The van der Waals surface area contributed by atoms with Crippen LogP contribution in [0.1, 0.15) is 21.9 Å². The molecular formula is C14H13ClN2O4. The monoisotopic (exact) mass is 308 g/mol. The lowest BCUT2D eigenvalue weighted by Gasteiger charge is -2.09. The molecule has 110 valence electrons. The highest BCUT2D eigenvalue weighted by molar-refractivity contribution is 6.30. The summed E-state index contributed by atoms with van der Waals surface area (Å²) in [6.07, 6.45) is 0.290. The number of carbonyl (C=O) groups is 1. The molecule has 0 amide bonds. The molecule has 2 rings (SSSR count). The third kappa shape index (κ3) is 4.06. The molecule has 2 N–H and O–H groups in total. The quantitative estimate of drug-likeness (QED) is 0.882. The van der Waals surface area contributed by atoms with Crippen molar-refractivity contribution >= 4 is 17.6 Å². The number of hydrogen-bond acceptors (Lipinski definition) is 4. The van der Waals surface area contributed by atoms with E-state index >= 15 is 0 Å². The molecule has 0 saturated heterocycles. The highest BCUT2D eigenvalue weighted by atomic mass is 35.5. The van der Waals surface area contributed by atoms with E-state index in [4.69, 9.17) is 21.4 Å². The van der Waals surface area contributed by atoms with Gasteiger partial charge in [-0.15, -0.1) is 0 Å². The molecule has 0 bridgehead atoms. The van der Waals surface area contributed by atoms with Crippen molar-refractivity contribution in [1.82, 2.24) is 9.97 Å². The highest BCUT2D eigenvalue weighted by Gasteiger charge is 2.08. The van der Waals surface area contributed by atoms with Gasteiger partial charge in [-0.2, -0.15) is 0 Å². The lowest BCUT2D eigenvalue weighted by Crippen LogP contribution is -2.17. The molecule has 0 radical (unpaired) electrons. The molecule has 7 heteroatoms. The zero-order chi connectivity index (χ0) is 15.4. The summed E-state index contributed by atoms with van der Waals surface area (Å²) >= 11 is 5.85. The maximum absolute atomic E-state index is 11.3. The summed E-state index contributed by atoms with van der Waals surface area (Å²) in [6.45, 7) is 2.13. The van der Waals surface area contributed by atoms with Crippen molar-refractivity contribution in [3.05, 3.63) is 56.7 Å². The van der Waals surface area contributed by atoms with Crippen LogP contribution in [0.25, 0.3) is 0 Å². The molecule has 1 heterocycles. The molecule has 0 spiro atoms. The van der Waals surface area contributed by atoms with E-state index in [9.17, 15) is 9.59 Å². The van der Waals surface area contributed by atoms with Crippen LogP contribution in [0.4, 0.5) is 0 Å². The van der Waals surface area contributed by atoms with Crippen LogP contribution < -0.4 is 10.3 Å². The molecule has 0 saturated carbocycles. The van der Waals surface area contributed by atoms with Gasteiger partial charge in [0.1, 0.15) is 11.6 Å². The third-order valence-corrected chi connectivity index (χ3v) is 2.98. The lowest BCUT2D eigenvalue weighted by atomic mass is 10.2. The molecule has 0 fully saturated rings. The highest BCUT2D eigenvalue weighted by Crippen LogP contribution is 2.21. The van der Waals surface area contributed by atoms with E-state index < -0.39 is 11.5 Å². The maximum atomic E-state index is 11.3. The maximum Gasteiger partial charge on any atom is 0.354 e. The Balaban J connectivity index is 2.03. The van der Waals surface area contributed by atoms with Gasteiger partial charge in [0.2, 0.25) is 0 Å². The molecule has 21 heavy (non-hydrogen) atoms. The second-order valence-corrected chi connectivity index (χ2v) is 4.83. The Bertz CT molecular complexity index is 727. The number of hydrogen-bond donors (Lipinski definition) is 2. The Hall–Kier alpha value is -2.34. The van der Waals surface area contributed by atoms with E-state index in [1.54, 1.807) is 18.2 Å². The summed E-state index contributed by atoms with van der Waals surface area (Å²) in [5, 5.41) is 9.47. The van der Waals surface area contributed by atoms with E-state index in [1.165, 1.54) is 0 Å². The average Bonchev–Trinajstić information content (AvgIpc) is 2.40. The van der Waals surface area contributed by atoms with Crippen LogP contribution in [0.2, 0.25) is 5.02 Å². The van der Waals surface area contributed by atoms with E-state index in [0.29, 0.717) is 17.2 Å². The van der Waals surface area contributed by atoms with Crippen LogP contribution in [0.5, 0.6) is 5.75 Å². The standard InChI is InChI=1S/C14H13ClN2O4/c1-8-6-9(15)2-3-11(8)21-5-4-12-16-10(14(19)20)7-13(18)17-12/h2-3,6-7H,4-5H2,1H3,(H,19,20)(H,16,17,18). The van der Waals surface area contributed by atoms with Gasteiger partial charge in [-0.3, -0.25) is 4.79 Å². The summed E-state index contributed by atoms with van der Waals surface area (Å²) in [4.78, 5) is 28.5. The first-order valence-corrected chi connectivity index (χ1v) is 6.56.